The number of nitriles is 1. The molecule has 1 atom stereocenters. The molecule has 2 amide bonds. The Kier molecular flexibility index (Phi) is 6.10. The molecule has 1 saturated carbocycles. The molecule has 180 valence electrons. The van der Waals surface area contributed by atoms with E-state index in [1.807, 2.05) is 0 Å². The number of benzene rings is 1. The molecule has 1 aromatic heterocycles. The van der Waals surface area contributed by atoms with Crippen molar-refractivity contribution in [1.82, 2.24) is 14.8 Å². The van der Waals surface area contributed by atoms with Gasteiger partial charge >= 0.3 is 6.18 Å². The highest BCUT2D eigenvalue weighted by molar-refractivity contribution is 5.96. The molecule has 1 aliphatic carbocycles. The summed E-state index contributed by atoms with van der Waals surface area (Å²) in [5.74, 6) is -4.26. The van der Waals surface area contributed by atoms with Crippen molar-refractivity contribution in [2.24, 2.45) is 0 Å². The third-order valence-corrected chi connectivity index (χ3v) is 5.96. The summed E-state index contributed by atoms with van der Waals surface area (Å²) in [6.45, 7) is -1.13. The number of amides is 2. The second-order valence-electron chi connectivity index (χ2n) is 8.66. The molecule has 0 unspecified atom stereocenters. The average molecular weight is 480 g/mol. The number of hydrogen-bond donors (Lipinski definition) is 1. The first-order chi connectivity index (χ1) is 16.0. The van der Waals surface area contributed by atoms with Gasteiger partial charge in [-0.15, -0.1) is 0 Å². The normalized spacial score (nSPS) is 19.6. The van der Waals surface area contributed by atoms with Gasteiger partial charge in [-0.3, -0.25) is 9.59 Å². The predicted molar refractivity (Wildman–Crippen MR) is 110 cm³/mol. The van der Waals surface area contributed by atoms with Gasteiger partial charge in [0.25, 0.3) is 11.8 Å². The Morgan fingerprint density at radius 1 is 1.18 bits per heavy atom. The van der Waals surface area contributed by atoms with Gasteiger partial charge in [0.1, 0.15) is 6.04 Å². The average Bonchev–Trinajstić information content (AvgIpc) is 3.45. The molecule has 1 aromatic carbocycles. The minimum absolute atomic E-state index is 0.237. The van der Waals surface area contributed by atoms with Crippen molar-refractivity contribution in [2.45, 2.75) is 49.9 Å². The van der Waals surface area contributed by atoms with E-state index in [-0.39, 0.29) is 18.0 Å². The minimum atomic E-state index is -4.42. The molecule has 2 heterocycles. The Bertz CT molecular complexity index is 1130. The SMILES string of the molecule is N#C[C@@H]1CC(F)(F)CN1C(=O)CNC(=O)c1cc(C2CC2)n(Cc2ccc(C(F)(F)F)cc2)c1. The van der Waals surface area contributed by atoms with Crippen molar-refractivity contribution in [3.8, 4) is 6.07 Å². The monoisotopic (exact) mass is 480 g/mol. The molecule has 6 nitrogen and oxygen atoms in total. The number of carbonyl (C=O) groups excluding carboxylic acids is 2. The fraction of sp³-hybridized carbons (Fsp3) is 0.435. The number of nitrogens with zero attached hydrogens (tertiary/aromatic N) is 3. The van der Waals surface area contributed by atoms with Crippen LogP contribution in [0.5, 0.6) is 0 Å². The first-order valence-electron chi connectivity index (χ1n) is 10.7. The third kappa shape index (κ3) is 5.21. The van der Waals surface area contributed by atoms with E-state index in [0.29, 0.717) is 5.56 Å². The van der Waals surface area contributed by atoms with Crippen LogP contribution in [0.4, 0.5) is 22.0 Å². The van der Waals surface area contributed by atoms with Gasteiger partial charge in [0.05, 0.1) is 30.3 Å². The second kappa shape index (κ2) is 8.74. The number of aromatic nitrogens is 1. The van der Waals surface area contributed by atoms with Crippen LogP contribution in [0.1, 0.15) is 52.4 Å². The molecule has 1 saturated heterocycles. The largest absolute Gasteiger partial charge is 0.416 e. The lowest BCUT2D eigenvalue weighted by Crippen LogP contribution is -2.42. The third-order valence-electron chi connectivity index (χ3n) is 5.96. The van der Waals surface area contributed by atoms with Gasteiger partial charge in [-0.2, -0.15) is 18.4 Å². The van der Waals surface area contributed by atoms with Crippen LogP contribution in [0.3, 0.4) is 0 Å². The van der Waals surface area contributed by atoms with Gasteiger partial charge in [-0.05, 0) is 42.5 Å². The second-order valence-corrected chi connectivity index (χ2v) is 8.66. The molecule has 1 aliphatic heterocycles. The molecule has 2 fully saturated rings. The van der Waals surface area contributed by atoms with Crippen molar-refractivity contribution in [3.63, 3.8) is 0 Å². The predicted octanol–water partition coefficient (Wildman–Crippen LogP) is 3.92. The minimum Gasteiger partial charge on any atom is -0.346 e. The van der Waals surface area contributed by atoms with Crippen molar-refractivity contribution in [3.05, 3.63) is 58.9 Å². The molecule has 1 N–H and O–H groups in total. The quantitative estimate of drug-likeness (QED) is 0.637. The Morgan fingerprint density at radius 3 is 2.44 bits per heavy atom. The van der Waals surface area contributed by atoms with Gasteiger partial charge in [-0.25, -0.2) is 8.78 Å². The van der Waals surface area contributed by atoms with E-state index < -0.39 is 55.0 Å². The Balaban J connectivity index is 1.43. The summed E-state index contributed by atoms with van der Waals surface area (Å²) in [5, 5.41) is 11.4. The van der Waals surface area contributed by atoms with Gasteiger partial charge in [0.2, 0.25) is 5.91 Å². The zero-order valence-electron chi connectivity index (χ0n) is 17.9. The van der Waals surface area contributed by atoms with Crippen molar-refractivity contribution in [1.29, 1.82) is 5.26 Å². The highest BCUT2D eigenvalue weighted by Gasteiger charge is 2.47. The van der Waals surface area contributed by atoms with Crippen molar-refractivity contribution < 1.29 is 31.5 Å². The lowest BCUT2D eigenvalue weighted by atomic mass is 10.1. The van der Waals surface area contributed by atoms with Crippen LogP contribution in [-0.4, -0.2) is 46.3 Å². The fourth-order valence-corrected chi connectivity index (χ4v) is 4.06. The zero-order chi connectivity index (χ0) is 24.7. The number of likely N-dealkylation sites (tertiary alicyclic amines) is 1. The van der Waals surface area contributed by atoms with Crippen LogP contribution in [-0.2, 0) is 17.5 Å². The number of rotatable bonds is 6. The van der Waals surface area contributed by atoms with E-state index in [2.05, 4.69) is 5.32 Å². The van der Waals surface area contributed by atoms with Crippen LogP contribution in [0.2, 0.25) is 0 Å². The first kappa shape index (κ1) is 23.7. The maximum atomic E-state index is 13.6. The van der Waals surface area contributed by atoms with Crippen LogP contribution < -0.4 is 5.32 Å². The topological polar surface area (TPSA) is 78.1 Å². The van der Waals surface area contributed by atoms with E-state index >= 15 is 0 Å². The zero-order valence-corrected chi connectivity index (χ0v) is 17.9. The molecule has 0 spiro atoms. The van der Waals surface area contributed by atoms with Crippen molar-refractivity contribution in [2.75, 3.05) is 13.1 Å². The fourth-order valence-electron chi connectivity index (χ4n) is 4.06. The van der Waals surface area contributed by atoms with E-state index in [0.717, 1.165) is 35.6 Å². The summed E-state index contributed by atoms with van der Waals surface area (Å²) in [7, 11) is 0. The van der Waals surface area contributed by atoms with Gasteiger partial charge < -0.3 is 14.8 Å². The number of carbonyl (C=O) groups is 2. The number of halogens is 5. The van der Waals surface area contributed by atoms with Gasteiger partial charge in [0.15, 0.2) is 0 Å². The van der Waals surface area contributed by atoms with Crippen molar-refractivity contribution >= 4 is 11.8 Å². The maximum Gasteiger partial charge on any atom is 0.416 e. The molecule has 11 heteroatoms. The Hall–Kier alpha value is -3.42. The maximum absolute atomic E-state index is 13.6. The smallest absolute Gasteiger partial charge is 0.346 e. The molecular formula is C23H21F5N4O2. The van der Waals surface area contributed by atoms with Gasteiger partial charge in [-0.1, -0.05) is 12.1 Å². The molecular weight excluding hydrogens is 459 g/mol. The Labute approximate surface area is 191 Å². The summed E-state index contributed by atoms with van der Waals surface area (Å²) < 4.78 is 67.3. The number of nitrogens with one attached hydrogen (secondary N) is 1. The summed E-state index contributed by atoms with van der Waals surface area (Å²) in [5.41, 5.74) is 1.00. The highest BCUT2D eigenvalue weighted by atomic mass is 19.4. The van der Waals surface area contributed by atoms with Gasteiger partial charge in [0, 0.05) is 24.9 Å². The number of hydrogen-bond acceptors (Lipinski definition) is 3. The lowest BCUT2D eigenvalue weighted by Gasteiger charge is -2.19. The first-order valence-corrected chi connectivity index (χ1v) is 10.7. The summed E-state index contributed by atoms with van der Waals surface area (Å²) in [6, 6.07) is 6.89. The number of alkyl halides is 5. The summed E-state index contributed by atoms with van der Waals surface area (Å²) in [4.78, 5) is 25.7. The standard InChI is InChI=1S/C23H21F5N4O2/c24-22(25)8-18(9-29)32(13-22)20(33)10-30-21(34)16-7-19(15-3-4-15)31(12-16)11-14-1-5-17(6-2-14)23(26,27)28/h1-2,5-7,12,15,18H,3-4,8,10-11,13H2,(H,30,34)/t18-/m0/s1. The molecule has 2 aromatic rings. The summed E-state index contributed by atoms with van der Waals surface area (Å²) >= 11 is 0. The molecule has 0 bridgehead atoms. The lowest BCUT2D eigenvalue weighted by molar-refractivity contribution is -0.137. The van der Waals surface area contributed by atoms with Crippen LogP contribution in [0, 0.1) is 11.3 Å². The van der Waals surface area contributed by atoms with Crippen LogP contribution >= 0.6 is 0 Å². The molecule has 2 aliphatic rings. The summed E-state index contributed by atoms with van der Waals surface area (Å²) in [6.07, 6.45) is -1.75. The molecule has 0 radical (unpaired) electrons. The highest BCUT2D eigenvalue weighted by Crippen LogP contribution is 2.41. The Morgan fingerprint density at radius 2 is 1.85 bits per heavy atom. The van der Waals surface area contributed by atoms with E-state index in [9.17, 15) is 31.5 Å². The van der Waals surface area contributed by atoms with E-state index in [1.165, 1.54) is 12.1 Å². The van der Waals surface area contributed by atoms with Crippen LogP contribution in [0.15, 0.2) is 36.5 Å². The van der Waals surface area contributed by atoms with Crippen LogP contribution in [0.25, 0.3) is 0 Å². The van der Waals surface area contributed by atoms with E-state index in [4.69, 9.17) is 5.26 Å². The molecule has 4 rings (SSSR count). The van der Waals surface area contributed by atoms with E-state index in [1.54, 1.807) is 22.9 Å². The molecule has 34 heavy (non-hydrogen) atoms.